The number of rotatable bonds is 8. The van der Waals surface area contributed by atoms with Crippen LogP contribution >= 0.6 is 11.3 Å². The number of piperidine rings is 1. The summed E-state index contributed by atoms with van der Waals surface area (Å²) in [5.41, 5.74) is 2.49. The lowest BCUT2D eigenvalue weighted by atomic mass is 9.95. The second-order valence-electron chi connectivity index (χ2n) is 9.53. The van der Waals surface area contributed by atoms with Crippen LogP contribution in [0.25, 0.3) is 0 Å². The van der Waals surface area contributed by atoms with Crippen LogP contribution in [0.3, 0.4) is 0 Å². The molecule has 190 valence electrons. The molecule has 0 bridgehead atoms. The van der Waals surface area contributed by atoms with Crippen LogP contribution < -0.4 is 10.1 Å². The third-order valence-electron chi connectivity index (χ3n) is 6.86. The summed E-state index contributed by atoms with van der Waals surface area (Å²) in [4.78, 5) is 32.2. The maximum Gasteiger partial charge on any atom is 0.226 e. The number of fused-ring (bicyclic) bond motifs is 1. The van der Waals surface area contributed by atoms with Crippen molar-refractivity contribution >= 4 is 28.2 Å². The van der Waals surface area contributed by atoms with Crippen molar-refractivity contribution < 1.29 is 14.3 Å². The number of ether oxygens (including phenoxy) is 1. The van der Waals surface area contributed by atoms with Crippen LogP contribution in [0.2, 0.25) is 0 Å². The quantitative estimate of drug-likeness (QED) is 0.592. The molecule has 7 nitrogen and oxygen atoms in total. The van der Waals surface area contributed by atoms with Crippen molar-refractivity contribution in [2.45, 2.75) is 53.2 Å². The fourth-order valence-electron chi connectivity index (χ4n) is 5.11. The molecule has 0 saturated carbocycles. The van der Waals surface area contributed by atoms with E-state index < -0.39 is 0 Å². The van der Waals surface area contributed by atoms with Crippen LogP contribution in [0.1, 0.15) is 49.6 Å². The van der Waals surface area contributed by atoms with E-state index in [9.17, 15) is 9.59 Å². The molecule has 1 unspecified atom stereocenters. The van der Waals surface area contributed by atoms with Crippen LogP contribution in [-0.4, -0.2) is 65.8 Å². The van der Waals surface area contributed by atoms with Gasteiger partial charge in [-0.1, -0.05) is 6.07 Å². The lowest BCUT2D eigenvalue weighted by molar-refractivity contribution is -0.137. The number of hydrogen-bond acceptors (Lipinski definition) is 6. The Morgan fingerprint density at radius 2 is 1.94 bits per heavy atom. The Bertz CT molecular complexity index is 1020. The Morgan fingerprint density at radius 1 is 1.11 bits per heavy atom. The fraction of sp³-hybridized carbons (Fsp3) is 0.556. The molecule has 2 aromatic rings. The topological polar surface area (TPSA) is 65.1 Å². The van der Waals surface area contributed by atoms with E-state index in [0.717, 1.165) is 76.0 Å². The van der Waals surface area contributed by atoms with Gasteiger partial charge in [-0.3, -0.25) is 19.4 Å². The minimum Gasteiger partial charge on any atom is -0.492 e. The molecule has 3 heterocycles. The number of nitrogens with one attached hydrogen (secondary N) is 1. The normalized spacial score (nSPS) is 18.9. The number of likely N-dealkylation sites (tertiary alicyclic amines) is 1. The number of carbonyl (C=O) groups excluding carboxylic acids is 2. The van der Waals surface area contributed by atoms with Crippen molar-refractivity contribution in [2.24, 2.45) is 5.92 Å². The van der Waals surface area contributed by atoms with Crippen molar-refractivity contribution in [1.29, 1.82) is 0 Å². The molecule has 0 radical (unpaired) electrons. The summed E-state index contributed by atoms with van der Waals surface area (Å²) < 4.78 is 6.06. The van der Waals surface area contributed by atoms with Gasteiger partial charge in [0.1, 0.15) is 12.4 Å². The molecular weight excluding hydrogens is 460 g/mol. The summed E-state index contributed by atoms with van der Waals surface area (Å²) in [5, 5.41) is 3.76. The zero-order chi connectivity index (χ0) is 24.8. The van der Waals surface area contributed by atoms with Crippen molar-refractivity contribution in [3.63, 3.8) is 0 Å². The second-order valence-corrected chi connectivity index (χ2v) is 10.7. The smallest absolute Gasteiger partial charge is 0.226 e. The summed E-state index contributed by atoms with van der Waals surface area (Å²) >= 11 is 1.62. The van der Waals surface area contributed by atoms with Gasteiger partial charge in [0, 0.05) is 63.2 Å². The Balaban J connectivity index is 1.39. The van der Waals surface area contributed by atoms with E-state index in [2.05, 4.69) is 53.2 Å². The van der Waals surface area contributed by atoms with Crippen LogP contribution in [-0.2, 0) is 29.2 Å². The summed E-state index contributed by atoms with van der Waals surface area (Å²) in [6.07, 6.45) is 2.06. The van der Waals surface area contributed by atoms with E-state index in [1.807, 2.05) is 11.0 Å². The van der Waals surface area contributed by atoms with Crippen molar-refractivity contribution in [3.05, 3.63) is 46.3 Å². The molecule has 0 spiro atoms. The molecule has 8 heteroatoms. The largest absolute Gasteiger partial charge is 0.492 e. The number of amides is 2. The maximum atomic E-state index is 12.9. The van der Waals surface area contributed by atoms with Crippen LogP contribution in [0.15, 0.2) is 30.3 Å². The van der Waals surface area contributed by atoms with Crippen LogP contribution in [0.5, 0.6) is 5.75 Å². The zero-order valence-corrected chi connectivity index (χ0v) is 22.0. The first kappa shape index (κ1) is 25.7. The van der Waals surface area contributed by atoms with Gasteiger partial charge >= 0.3 is 0 Å². The molecule has 35 heavy (non-hydrogen) atoms. The van der Waals surface area contributed by atoms with E-state index in [4.69, 9.17) is 4.74 Å². The SMILES string of the molecule is CCN(CC)C(=O)C1CCCN(Cc2ccc3c(c2)CN(Cc2ccc(NC(C)=O)s2)CCO3)C1. The van der Waals surface area contributed by atoms with Crippen molar-refractivity contribution in [2.75, 3.05) is 44.6 Å². The Kier molecular flexibility index (Phi) is 8.81. The summed E-state index contributed by atoms with van der Waals surface area (Å²) in [6.45, 7) is 13.1. The third-order valence-corrected chi connectivity index (χ3v) is 7.85. The molecule has 1 fully saturated rings. The second kappa shape index (κ2) is 12.0. The highest BCUT2D eigenvalue weighted by Crippen LogP contribution is 2.29. The Hall–Kier alpha value is -2.42. The number of thiophene rings is 1. The summed E-state index contributed by atoms with van der Waals surface area (Å²) in [5.74, 6) is 1.34. The molecule has 1 aromatic carbocycles. The lowest BCUT2D eigenvalue weighted by Crippen LogP contribution is -2.44. The first-order valence-electron chi connectivity index (χ1n) is 12.8. The maximum absolute atomic E-state index is 12.9. The van der Waals surface area contributed by atoms with Crippen molar-refractivity contribution in [3.8, 4) is 5.75 Å². The van der Waals surface area contributed by atoms with Crippen LogP contribution in [0, 0.1) is 5.92 Å². The number of benzene rings is 1. The van der Waals surface area contributed by atoms with Gasteiger partial charge in [0.05, 0.1) is 10.9 Å². The standard InChI is InChI=1S/C27H38N4O3S/c1-4-31(5-2)27(33)22-7-6-12-29(17-22)16-21-8-10-25-23(15-21)18-30(13-14-34-25)19-24-9-11-26(35-24)28-20(3)32/h8-11,15,22H,4-7,12-14,16-19H2,1-3H3,(H,28,32). The average molecular weight is 499 g/mol. The highest BCUT2D eigenvalue weighted by atomic mass is 32.1. The van der Waals surface area contributed by atoms with Gasteiger partial charge < -0.3 is 15.0 Å². The summed E-state index contributed by atoms with van der Waals surface area (Å²) in [7, 11) is 0. The molecule has 1 saturated heterocycles. The van der Waals surface area contributed by atoms with Crippen molar-refractivity contribution in [1.82, 2.24) is 14.7 Å². The Labute approximate surface area is 213 Å². The predicted molar refractivity (Wildman–Crippen MR) is 141 cm³/mol. The van der Waals surface area contributed by atoms with Gasteiger partial charge in [0.15, 0.2) is 0 Å². The van der Waals surface area contributed by atoms with E-state index in [0.29, 0.717) is 12.5 Å². The highest BCUT2D eigenvalue weighted by Gasteiger charge is 2.28. The number of anilines is 1. The summed E-state index contributed by atoms with van der Waals surface area (Å²) in [6, 6.07) is 10.6. The predicted octanol–water partition coefficient (Wildman–Crippen LogP) is 4.18. The van der Waals surface area contributed by atoms with Gasteiger partial charge in [-0.15, -0.1) is 11.3 Å². The third kappa shape index (κ3) is 6.84. The van der Waals surface area contributed by atoms with Gasteiger partial charge in [-0.2, -0.15) is 0 Å². The number of nitrogens with zero attached hydrogens (tertiary/aromatic N) is 3. The first-order valence-corrected chi connectivity index (χ1v) is 13.6. The lowest BCUT2D eigenvalue weighted by Gasteiger charge is -2.34. The molecule has 2 amide bonds. The molecule has 0 aliphatic carbocycles. The van der Waals surface area contributed by atoms with Crippen LogP contribution in [0.4, 0.5) is 5.00 Å². The van der Waals surface area contributed by atoms with E-state index in [1.54, 1.807) is 11.3 Å². The minimum atomic E-state index is -0.0412. The molecule has 1 N–H and O–H groups in total. The molecular formula is C27H38N4O3S. The molecule has 2 aliphatic rings. The van der Waals surface area contributed by atoms with Gasteiger partial charge in [-0.05, 0) is 63.1 Å². The zero-order valence-electron chi connectivity index (χ0n) is 21.2. The monoisotopic (exact) mass is 498 g/mol. The highest BCUT2D eigenvalue weighted by molar-refractivity contribution is 7.16. The number of carbonyl (C=O) groups is 2. The van der Waals surface area contributed by atoms with Gasteiger partial charge in [0.2, 0.25) is 11.8 Å². The molecule has 1 aromatic heterocycles. The van der Waals surface area contributed by atoms with Gasteiger partial charge in [-0.25, -0.2) is 0 Å². The van der Waals surface area contributed by atoms with E-state index in [-0.39, 0.29) is 11.8 Å². The molecule has 2 aliphatic heterocycles. The van der Waals surface area contributed by atoms with Gasteiger partial charge in [0.25, 0.3) is 0 Å². The molecule has 1 atom stereocenters. The first-order chi connectivity index (χ1) is 16.9. The van der Waals surface area contributed by atoms with E-state index >= 15 is 0 Å². The van der Waals surface area contributed by atoms with E-state index in [1.165, 1.54) is 22.9 Å². The average Bonchev–Trinajstić information content (AvgIpc) is 3.16. The molecule has 4 rings (SSSR count). The minimum absolute atomic E-state index is 0.0412. The fourth-order valence-corrected chi connectivity index (χ4v) is 6.11. The Morgan fingerprint density at radius 3 is 2.71 bits per heavy atom. The number of hydrogen-bond donors (Lipinski definition) is 1.